The van der Waals surface area contributed by atoms with Gasteiger partial charge in [-0.1, -0.05) is 36.4 Å². The van der Waals surface area contributed by atoms with Crippen molar-refractivity contribution in [2.75, 3.05) is 43.4 Å². The Kier molecular flexibility index (Phi) is 12.0. The third-order valence-corrected chi connectivity index (χ3v) is 9.19. The number of carbonyl (C=O) groups is 2. The van der Waals surface area contributed by atoms with Crippen molar-refractivity contribution in [3.05, 3.63) is 125 Å². The van der Waals surface area contributed by atoms with Crippen molar-refractivity contribution in [2.24, 2.45) is 5.10 Å². The number of ether oxygens (including phenoxy) is 1. The van der Waals surface area contributed by atoms with Gasteiger partial charge < -0.3 is 20.5 Å². The molecule has 5 aromatic rings. The minimum atomic E-state index is -4.51. The molecule has 1 aliphatic heterocycles. The highest BCUT2D eigenvalue weighted by molar-refractivity contribution is 7.13. The first-order chi connectivity index (χ1) is 25.6. The Bertz CT molecular complexity index is 2030. The van der Waals surface area contributed by atoms with E-state index in [1.807, 2.05) is 47.8 Å². The van der Waals surface area contributed by atoms with E-state index in [0.29, 0.717) is 43.2 Å². The summed E-state index contributed by atoms with van der Waals surface area (Å²) in [5.41, 5.74) is 5.42. The molecule has 4 aromatic carbocycles. The first kappa shape index (κ1) is 37.0. The summed E-state index contributed by atoms with van der Waals surface area (Å²) in [7, 11) is 0. The summed E-state index contributed by atoms with van der Waals surface area (Å²) in [6.45, 7) is 4.16. The summed E-state index contributed by atoms with van der Waals surface area (Å²) in [5, 5.41) is 22.1. The number of hydrogen-bond donors (Lipinski definition) is 4. The maximum absolute atomic E-state index is 13.0. The molecule has 15 heteroatoms. The van der Waals surface area contributed by atoms with Crippen LogP contribution in [0.1, 0.15) is 22.4 Å². The second-order valence-corrected chi connectivity index (χ2v) is 13.1. The summed E-state index contributed by atoms with van der Waals surface area (Å²) in [4.78, 5) is 34.0. The van der Waals surface area contributed by atoms with E-state index in [4.69, 9.17) is 9.72 Å². The first-order valence-corrected chi connectivity index (χ1v) is 17.5. The number of urea groups is 1. The van der Waals surface area contributed by atoms with Gasteiger partial charge in [-0.2, -0.15) is 18.3 Å². The zero-order valence-corrected chi connectivity index (χ0v) is 29.2. The number of hydrazone groups is 1. The summed E-state index contributed by atoms with van der Waals surface area (Å²) in [6.07, 6.45) is -3.12. The van der Waals surface area contributed by atoms with Gasteiger partial charge >= 0.3 is 12.2 Å². The molecule has 1 aromatic heterocycles. The Morgan fingerprint density at radius 2 is 1.62 bits per heavy atom. The lowest BCUT2D eigenvalue weighted by Crippen LogP contribution is -2.48. The lowest BCUT2D eigenvalue weighted by atomic mass is 10.2. The van der Waals surface area contributed by atoms with Crippen molar-refractivity contribution < 1.29 is 32.6 Å². The topological polar surface area (TPSA) is 131 Å². The highest BCUT2D eigenvalue weighted by atomic mass is 32.1. The van der Waals surface area contributed by atoms with Gasteiger partial charge in [-0.05, 0) is 66.2 Å². The molecule has 11 nitrogen and oxygen atoms in total. The number of thiazole rings is 1. The number of anilines is 2. The Hall–Kier alpha value is -5.77. The Morgan fingerprint density at radius 1 is 0.887 bits per heavy atom. The highest BCUT2D eigenvalue weighted by Gasteiger charge is 2.30. The number of aromatic nitrogens is 1. The lowest BCUT2D eigenvalue weighted by Gasteiger charge is -2.33. The quantitative estimate of drug-likeness (QED) is 0.0798. The molecule has 274 valence electrons. The molecular formula is C38H36F3N7O4S. The molecule has 0 unspecified atom stereocenters. The maximum Gasteiger partial charge on any atom is 0.416 e. The van der Waals surface area contributed by atoms with E-state index >= 15 is 0 Å². The number of aromatic hydroxyl groups is 1. The average molecular weight is 744 g/mol. The number of benzene rings is 4. The van der Waals surface area contributed by atoms with E-state index in [0.717, 1.165) is 47.1 Å². The van der Waals surface area contributed by atoms with Crippen LogP contribution < -0.4 is 20.8 Å². The minimum absolute atomic E-state index is 0.0207. The van der Waals surface area contributed by atoms with Crippen LogP contribution in [0.25, 0.3) is 10.6 Å². The third kappa shape index (κ3) is 10.9. The molecule has 2 heterocycles. The molecule has 0 radical (unpaired) electrons. The Labute approximate surface area is 307 Å². The molecule has 0 saturated carbocycles. The fourth-order valence-corrected chi connectivity index (χ4v) is 6.31. The molecule has 1 saturated heterocycles. The monoisotopic (exact) mass is 743 g/mol. The van der Waals surface area contributed by atoms with Gasteiger partial charge in [-0.25, -0.2) is 15.2 Å². The predicted octanol–water partition coefficient (Wildman–Crippen LogP) is 7.03. The van der Waals surface area contributed by atoms with Gasteiger partial charge in [0.05, 0.1) is 24.0 Å². The number of nitrogens with one attached hydrogen (secondary N) is 3. The van der Waals surface area contributed by atoms with Crippen LogP contribution in [0.5, 0.6) is 11.5 Å². The maximum atomic E-state index is 13.0. The molecule has 6 rings (SSSR count). The van der Waals surface area contributed by atoms with Crippen LogP contribution in [0.4, 0.5) is 29.3 Å². The fraction of sp³-hybridized carbons (Fsp3) is 0.211. The van der Waals surface area contributed by atoms with Gasteiger partial charge in [0.25, 0.3) is 5.91 Å². The van der Waals surface area contributed by atoms with E-state index in [-0.39, 0.29) is 23.9 Å². The molecule has 3 amide bonds. The number of hydrogen-bond acceptors (Lipinski definition) is 9. The number of amides is 3. The van der Waals surface area contributed by atoms with Crippen LogP contribution in [0.2, 0.25) is 0 Å². The number of phenols is 1. The SMILES string of the molecule is O=C(CN1CCN(Cc2csc(-c3ccc(NC(=O)Nc4cccc(C(F)(F)F)c4)cc3)n2)CC1)N/N=C/c1cc(OCc2ccccc2)ccc1O. The predicted molar refractivity (Wildman–Crippen MR) is 198 cm³/mol. The zero-order valence-electron chi connectivity index (χ0n) is 28.3. The molecule has 1 fully saturated rings. The summed E-state index contributed by atoms with van der Waals surface area (Å²) >= 11 is 1.51. The molecule has 0 atom stereocenters. The van der Waals surface area contributed by atoms with Gasteiger partial charge in [0.1, 0.15) is 23.1 Å². The molecule has 0 spiro atoms. The van der Waals surface area contributed by atoms with Crippen LogP contribution in [0.15, 0.2) is 108 Å². The zero-order chi connectivity index (χ0) is 37.2. The molecule has 0 aliphatic carbocycles. The van der Waals surface area contributed by atoms with Crippen molar-refractivity contribution >= 4 is 40.9 Å². The van der Waals surface area contributed by atoms with Crippen LogP contribution >= 0.6 is 11.3 Å². The highest BCUT2D eigenvalue weighted by Crippen LogP contribution is 2.31. The first-order valence-electron chi connectivity index (χ1n) is 16.6. The molecular weight excluding hydrogens is 708 g/mol. The van der Waals surface area contributed by atoms with E-state index in [2.05, 4.69) is 31.0 Å². The fourth-order valence-electron chi connectivity index (χ4n) is 5.49. The number of halogens is 3. The second-order valence-electron chi connectivity index (χ2n) is 12.2. The van der Waals surface area contributed by atoms with E-state index in [9.17, 15) is 27.9 Å². The average Bonchev–Trinajstić information content (AvgIpc) is 3.61. The summed E-state index contributed by atoms with van der Waals surface area (Å²) in [5.74, 6) is 0.333. The van der Waals surface area contributed by atoms with Gasteiger partial charge in [-0.3, -0.25) is 14.6 Å². The van der Waals surface area contributed by atoms with Crippen LogP contribution in [-0.2, 0) is 24.1 Å². The Morgan fingerprint density at radius 3 is 2.38 bits per heavy atom. The van der Waals surface area contributed by atoms with E-state index in [1.165, 1.54) is 35.8 Å². The standard InChI is InChI=1S/C38H36F3N7O4S/c39-38(40,41)29-7-4-8-31(20-29)45-37(51)44-30-11-9-27(10-12-30)36-43-32(25-53-36)22-47-15-17-48(18-16-47)23-35(50)46-42-21-28-19-33(13-14-34(28)49)52-24-26-5-2-1-3-6-26/h1-14,19-21,25,49H,15-18,22-24H2,(H,46,50)(H2,44,45,51)/b42-21+. The van der Waals surface area contributed by atoms with Gasteiger partial charge in [0, 0.05) is 60.6 Å². The van der Waals surface area contributed by atoms with Gasteiger partial charge in [0.2, 0.25) is 0 Å². The minimum Gasteiger partial charge on any atom is -0.507 e. The summed E-state index contributed by atoms with van der Waals surface area (Å²) < 4.78 is 44.7. The van der Waals surface area contributed by atoms with Crippen molar-refractivity contribution in [1.29, 1.82) is 0 Å². The van der Waals surface area contributed by atoms with Crippen LogP contribution in [0, 0.1) is 0 Å². The van der Waals surface area contributed by atoms with Crippen molar-refractivity contribution in [2.45, 2.75) is 19.3 Å². The molecule has 53 heavy (non-hydrogen) atoms. The lowest BCUT2D eigenvalue weighted by molar-refractivity contribution is -0.137. The van der Waals surface area contributed by atoms with Crippen molar-refractivity contribution in [3.8, 4) is 22.1 Å². The largest absolute Gasteiger partial charge is 0.507 e. The number of alkyl halides is 3. The molecule has 4 N–H and O–H groups in total. The normalized spacial score (nSPS) is 13.9. The number of nitrogens with zero attached hydrogens (tertiary/aromatic N) is 4. The van der Waals surface area contributed by atoms with Crippen LogP contribution in [-0.4, -0.2) is 70.8 Å². The van der Waals surface area contributed by atoms with Gasteiger partial charge in [0.15, 0.2) is 0 Å². The number of phenolic OH excluding ortho intramolecular Hbond substituents is 1. The van der Waals surface area contributed by atoms with Crippen molar-refractivity contribution in [1.82, 2.24) is 20.2 Å². The summed E-state index contributed by atoms with van der Waals surface area (Å²) in [6, 6.07) is 25.4. The molecule has 0 bridgehead atoms. The third-order valence-electron chi connectivity index (χ3n) is 8.25. The van der Waals surface area contributed by atoms with Crippen LogP contribution in [0.3, 0.4) is 0 Å². The Balaban J connectivity index is 0.910. The smallest absolute Gasteiger partial charge is 0.416 e. The number of carbonyl (C=O) groups excluding carboxylic acids is 2. The van der Waals surface area contributed by atoms with E-state index in [1.54, 1.807) is 24.3 Å². The number of rotatable bonds is 12. The van der Waals surface area contributed by atoms with E-state index < -0.39 is 17.8 Å². The number of piperazine rings is 1. The van der Waals surface area contributed by atoms with Gasteiger partial charge in [-0.15, -0.1) is 11.3 Å². The molecule has 1 aliphatic rings. The second kappa shape index (κ2) is 17.2. The van der Waals surface area contributed by atoms with Crippen molar-refractivity contribution in [3.63, 3.8) is 0 Å².